The molecule has 0 amide bonds. The maximum Gasteiger partial charge on any atom is 0.101 e. The molecule has 0 spiro atoms. The van der Waals surface area contributed by atoms with Gasteiger partial charge in [-0.3, -0.25) is 0 Å². The van der Waals surface area contributed by atoms with Crippen molar-refractivity contribution in [2.24, 2.45) is 5.92 Å². The summed E-state index contributed by atoms with van der Waals surface area (Å²) in [6, 6.07) is 8.80. The molecule has 3 heteroatoms. The van der Waals surface area contributed by atoms with Gasteiger partial charge in [0.2, 0.25) is 0 Å². The molecular weight excluding hydrogens is 222 g/mol. The second kappa shape index (κ2) is 6.42. The van der Waals surface area contributed by atoms with Gasteiger partial charge in [-0.25, -0.2) is 0 Å². The van der Waals surface area contributed by atoms with Crippen LogP contribution in [-0.2, 0) is 6.54 Å². The highest BCUT2D eigenvalue weighted by Crippen LogP contribution is 2.24. The van der Waals surface area contributed by atoms with Crippen LogP contribution in [0.3, 0.4) is 0 Å². The molecule has 0 radical (unpaired) electrons. The Kier molecular flexibility index (Phi) is 5.18. The van der Waals surface area contributed by atoms with Gasteiger partial charge in [0.05, 0.1) is 11.3 Å². The third kappa shape index (κ3) is 3.24. The maximum absolute atomic E-state index is 9.28. The first-order chi connectivity index (χ1) is 8.51. The first-order valence-corrected chi connectivity index (χ1v) is 6.41. The zero-order valence-corrected chi connectivity index (χ0v) is 12.0. The van der Waals surface area contributed by atoms with Gasteiger partial charge in [0, 0.05) is 19.6 Å². The number of hydrogen-bond acceptors (Lipinski definition) is 3. The predicted octanol–water partition coefficient (Wildman–Crippen LogP) is 2.76. The standard InChI is InChI=1S/C15H23N3/c1-11(2)12(3)18(5)15-7-6-13(10-17-4)8-14(15)9-16/h6-8,11-12,17H,10H2,1-5H3. The summed E-state index contributed by atoms with van der Waals surface area (Å²) in [5.74, 6) is 0.554. The highest BCUT2D eigenvalue weighted by Gasteiger charge is 2.16. The molecule has 0 bridgehead atoms. The van der Waals surface area contributed by atoms with Crippen LogP contribution >= 0.6 is 0 Å². The van der Waals surface area contributed by atoms with Gasteiger partial charge < -0.3 is 10.2 Å². The number of hydrogen-bond donors (Lipinski definition) is 1. The minimum absolute atomic E-state index is 0.409. The smallest absolute Gasteiger partial charge is 0.101 e. The molecule has 0 heterocycles. The van der Waals surface area contributed by atoms with Crippen molar-refractivity contribution < 1.29 is 0 Å². The van der Waals surface area contributed by atoms with Crippen molar-refractivity contribution in [3.8, 4) is 6.07 Å². The van der Waals surface area contributed by atoms with E-state index < -0.39 is 0 Å². The van der Waals surface area contributed by atoms with E-state index in [1.165, 1.54) is 0 Å². The van der Waals surface area contributed by atoms with E-state index >= 15 is 0 Å². The molecular formula is C15H23N3. The van der Waals surface area contributed by atoms with Crippen LogP contribution in [-0.4, -0.2) is 20.1 Å². The van der Waals surface area contributed by atoms with Gasteiger partial charge in [0.15, 0.2) is 0 Å². The van der Waals surface area contributed by atoms with Gasteiger partial charge >= 0.3 is 0 Å². The largest absolute Gasteiger partial charge is 0.371 e. The molecule has 0 aliphatic heterocycles. The minimum atomic E-state index is 0.409. The molecule has 0 saturated carbocycles. The molecule has 0 aromatic heterocycles. The topological polar surface area (TPSA) is 39.1 Å². The number of nitrogens with zero attached hydrogens (tertiary/aromatic N) is 2. The van der Waals surface area contributed by atoms with Crippen LogP contribution in [0.2, 0.25) is 0 Å². The van der Waals surface area contributed by atoms with Crippen LogP contribution in [0, 0.1) is 17.2 Å². The fraction of sp³-hybridized carbons (Fsp3) is 0.533. The van der Waals surface area contributed by atoms with Crippen molar-refractivity contribution >= 4 is 5.69 Å². The van der Waals surface area contributed by atoms with Crippen molar-refractivity contribution in [1.82, 2.24) is 5.32 Å². The fourth-order valence-electron chi connectivity index (χ4n) is 1.96. The summed E-state index contributed by atoms with van der Waals surface area (Å²) in [7, 11) is 3.96. The first-order valence-electron chi connectivity index (χ1n) is 6.41. The lowest BCUT2D eigenvalue weighted by Gasteiger charge is -2.30. The molecule has 3 nitrogen and oxygen atoms in total. The van der Waals surface area contributed by atoms with Crippen LogP contribution in [0.25, 0.3) is 0 Å². The molecule has 0 aliphatic carbocycles. The predicted molar refractivity (Wildman–Crippen MR) is 76.6 cm³/mol. The molecule has 0 fully saturated rings. The van der Waals surface area contributed by atoms with Crippen molar-refractivity contribution in [3.05, 3.63) is 29.3 Å². The lowest BCUT2D eigenvalue weighted by atomic mass is 10.0. The Bertz CT molecular complexity index is 432. The monoisotopic (exact) mass is 245 g/mol. The summed E-state index contributed by atoms with van der Waals surface area (Å²) in [6.45, 7) is 7.37. The summed E-state index contributed by atoms with van der Waals surface area (Å²) < 4.78 is 0. The Morgan fingerprint density at radius 1 is 1.33 bits per heavy atom. The second-order valence-electron chi connectivity index (χ2n) is 5.09. The van der Waals surface area contributed by atoms with Gasteiger partial charge in [0.25, 0.3) is 0 Å². The van der Waals surface area contributed by atoms with E-state index in [2.05, 4.69) is 50.2 Å². The minimum Gasteiger partial charge on any atom is -0.371 e. The molecule has 1 atom stereocenters. The van der Waals surface area contributed by atoms with E-state index in [1.807, 2.05) is 19.2 Å². The number of nitrogens with one attached hydrogen (secondary N) is 1. The molecule has 18 heavy (non-hydrogen) atoms. The number of benzene rings is 1. The summed E-state index contributed by atoms with van der Waals surface area (Å²) in [5, 5.41) is 12.4. The highest BCUT2D eigenvalue weighted by atomic mass is 15.1. The van der Waals surface area contributed by atoms with E-state index in [0.717, 1.165) is 23.4 Å². The third-order valence-corrected chi connectivity index (χ3v) is 3.52. The average Bonchev–Trinajstić information content (AvgIpc) is 2.37. The van der Waals surface area contributed by atoms with Crippen LogP contribution in [0.5, 0.6) is 0 Å². The molecule has 1 aromatic rings. The number of nitriles is 1. The summed E-state index contributed by atoms with van der Waals surface area (Å²) in [6.07, 6.45) is 0. The zero-order valence-electron chi connectivity index (χ0n) is 12.0. The lowest BCUT2D eigenvalue weighted by molar-refractivity contribution is 0.505. The van der Waals surface area contributed by atoms with E-state index in [0.29, 0.717) is 12.0 Å². The van der Waals surface area contributed by atoms with Crippen LogP contribution < -0.4 is 10.2 Å². The number of rotatable bonds is 5. The molecule has 1 rings (SSSR count). The van der Waals surface area contributed by atoms with Crippen molar-refractivity contribution in [1.29, 1.82) is 5.26 Å². The molecule has 0 aliphatic rings. The van der Waals surface area contributed by atoms with Gasteiger partial charge in [-0.1, -0.05) is 19.9 Å². The second-order valence-corrected chi connectivity index (χ2v) is 5.09. The van der Waals surface area contributed by atoms with Crippen molar-refractivity contribution in [2.75, 3.05) is 19.0 Å². The summed E-state index contributed by atoms with van der Waals surface area (Å²) in [4.78, 5) is 2.19. The molecule has 1 aromatic carbocycles. The number of anilines is 1. The van der Waals surface area contributed by atoms with E-state index in [9.17, 15) is 5.26 Å². The van der Waals surface area contributed by atoms with Gasteiger partial charge in [-0.15, -0.1) is 0 Å². The van der Waals surface area contributed by atoms with Gasteiger partial charge in [-0.05, 0) is 37.6 Å². The Labute approximate surface area is 110 Å². The van der Waals surface area contributed by atoms with Crippen molar-refractivity contribution in [3.63, 3.8) is 0 Å². The van der Waals surface area contributed by atoms with Crippen LogP contribution in [0.4, 0.5) is 5.69 Å². The zero-order chi connectivity index (χ0) is 13.7. The van der Waals surface area contributed by atoms with Crippen LogP contribution in [0.15, 0.2) is 18.2 Å². The lowest BCUT2D eigenvalue weighted by Crippen LogP contribution is -2.33. The average molecular weight is 245 g/mol. The molecule has 1 N–H and O–H groups in total. The van der Waals surface area contributed by atoms with E-state index in [1.54, 1.807) is 0 Å². The Hall–Kier alpha value is -1.53. The third-order valence-electron chi connectivity index (χ3n) is 3.52. The fourth-order valence-corrected chi connectivity index (χ4v) is 1.96. The highest BCUT2D eigenvalue weighted by molar-refractivity contribution is 5.60. The molecule has 98 valence electrons. The first kappa shape index (κ1) is 14.5. The Morgan fingerprint density at radius 2 is 2.00 bits per heavy atom. The molecule has 0 saturated heterocycles. The van der Waals surface area contributed by atoms with Crippen molar-refractivity contribution in [2.45, 2.75) is 33.4 Å². The maximum atomic E-state index is 9.28. The summed E-state index contributed by atoms with van der Waals surface area (Å²) >= 11 is 0. The Morgan fingerprint density at radius 3 is 2.50 bits per heavy atom. The van der Waals surface area contributed by atoms with Crippen LogP contribution in [0.1, 0.15) is 31.9 Å². The van der Waals surface area contributed by atoms with E-state index in [-0.39, 0.29) is 0 Å². The summed E-state index contributed by atoms with van der Waals surface area (Å²) in [5.41, 5.74) is 2.90. The van der Waals surface area contributed by atoms with Gasteiger partial charge in [-0.2, -0.15) is 5.26 Å². The normalized spacial score (nSPS) is 12.3. The SMILES string of the molecule is CNCc1ccc(N(C)C(C)C(C)C)c(C#N)c1. The van der Waals surface area contributed by atoms with Gasteiger partial charge in [0.1, 0.15) is 6.07 Å². The Balaban J connectivity index is 3.06. The molecule has 1 unspecified atom stereocenters. The quantitative estimate of drug-likeness (QED) is 0.867. The van der Waals surface area contributed by atoms with E-state index in [4.69, 9.17) is 0 Å².